The van der Waals surface area contributed by atoms with Crippen molar-refractivity contribution in [3.8, 4) is 0 Å². The van der Waals surface area contributed by atoms with Gasteiger partial charge in [-0.3, -0.25) is 14.4 Å². The molecule has 1 aromatic carbocycles. The number of H-pyrrole nitrogens is 1. The third kappa shape index (κ3) is 2.95. The molecule has 2 heterocycles. The van der Waals surface area contributed by atoms with Gasteiger partial charge in [0.2, 0.25) is 11.5 Å². The molecule has 0 fully saturated rings. The zero-order valence-corrected chi connectivity index (χ0v) is 13.7. The molecule has 1 N–H and O–H groups in total. The minimum Gasteiger partial charge on any atom is -0.338 e. The molecule has 0 radical (unpaired) electrons. The summed E-state index contributed by atoms with van der Waals surface area (Å²) in [4.78, 5) is 42.3. The summed E-state index contributed by atoms with van der Waals surface area (Å²) in [6, 6.07) is 11.7. The second-order valence-electron chi connectivity index (χ2n) is 6.00. The van der Waals surface area contributed by atoms with Crippen LogP contribution in [0.1, 0.15) is 28.5 Å². The highest BCUT2D eigenvalue weighted by molar-refractivity contribution is 6.00. The van der Waals surface area contributed by atoms with Gasteiger partial charge in [0.15, 0.2) is 0 Å². The monoisotopic (exact) mass is 325 g/mol. The summed E-state index contributed by atoms with van der Waals surface area (Å²) in [6.45, 7) is 2.46. The maximum Gasteiger partial charge on any atom is 0.255 e. The Morgan fingerprint density at radius 1 is 1.21 bits per heavy atom. The second kappa shape index (κ2) is 6.31. The summed E-state index contributed by atoms with van der Waals surface area (Å²) < 4.78 is 0. The van der Waals surface area contributed by atoms with E-state index in [2.05, 4.69) is 4.98 Å². The van der Waals surface area contributed by atoms with Gasteiger partial charge in [0.25, 0.3) is 5.91 Å². The van der Waals surface area contributed by atoms with Crippen LogP contribution in [0.2, 0.25) is 0 Å². The number of nitrogens with one attached hydrogen (secondary N) is 1. The fourth-order valence-corrected chi connectivity index (χ4v) is 2.96. The van der Waals surface area contributed by atoms with Crippen LogP contribution >= 0.6 is 0 Å². The van der Waals surface area contributed by atoms with Crippen molar-refractivity contribution < 1.29 is 9.59 Å². The van der Waals surface area contributed by atoms with E-state index in [4.69, 9.17) is 0 Å². The van der Waals surface area contributed by atoms with Gasteiger partial charge in [-0.25, -0.2) is 0 Å². The Balaban J connectivity index is 1.71. The lowest BCUT2D eigenvalue weighted by Crippen LogP contribution is -2.45. The van der Waals surface area contributed by atoms with Gasteiger partial charge in [-0.15, -0.1) is 0 Å². The van der Waals surface area contributed by atoms with Gasteiger partial charge in [-0.2, -0.15) is 0 Å². The van der Waals surface area contributed by atoms with Crippen molar-refractivity contribution in [1.82, 2.24) is 14.8 Å². The molecular weight excluding hydrogens is 306 g/mol. The van der Waals surface area contributed by atoms with E-state index in [9.17, 15) is 14.4 Å². The first-order valence-electron chi connectivity index (χ1n) is 7.79. The number of nitrogens with zero attached hydrogens (tertiary/aromatic N) is 2. The third-order valence-corrected chi connectivity index (χ3v) is 4.29. The van der Waals surface area contributed by atoms with Crippen molar-refractivity contribution in [2.24, 2.45) is 0 Å². The van der Waals surface area contributed by atoms with E-state index in [1.54, 1.807) is 37.1 Å². The van der Waals surface area contributed by atoms with Gasteiger partial charge in [0, 0.05) is 30.9 Å². The molecule has 2 aromatic rings. The number of amides is 2. The summed E-state index contributed by atoms with van der Waals surface area (Å²) in [5.41, 5.74) is 2.05. The molecule has 0 aliphatic carbocycles. The second-order valence-corrected chi connectivity index (χ2v) is 6.00. The fourth-order valence-electron chi connectivity index (χ4n) is 2.96. The summed E-state index contributed by atoms with van der Waals surface area (Å²) >= 11 is 0. The number of aromatic amines is 1. The minimum absolute atomic E-state index is 0.118. The number of benzene rings is 1. The van der Waals surface area contributed by atoms with Crippen molar-refractivity contribution in [1.29, 1.82) is 0 Å². The summed E-state index contributed by atoms with van der Waals surface area (Å²) in [5.74, 6) is -0.283. The molecule has 6 nitrogen and oxygen atoms in total. The summed E-state index contributed by atoms with van der Waals surface area (Å²) in [7, 11) is 1.66. The zero-order chi connectivity index (χ0) is 17.3. The maximum atomic E-state index is 12.7. The number of fused-ring (bicyclic) bond motifs is 1. The van der Waals surface area contributed by atoms with Crippen LogP contribution in [-0.4, -0.2) is 39.7 Å². The Hall–Kier alpha value is -2.89. The molecule has 1 atom stereocenters. The van der Waals surface area contributed by atoms with Crippen molar-refractivity contribution in [3.63, 3.8) is 0 Å². The fraction of sp³-hybridized carbons (Fsp3) is 0.278. The number of carbonyl (C=O) groups excluding carboxylic acids is 2. The lowest BCUT2D eigenvalue weighted by Gasteiger charge is -2.28. The van der Waals surface area contributed by atoms with E-state index in [1.165, 1.54) is 11.0 Å². The number of rotatable bonds is 4. The number of hydrogen-bond acceptors (Lipinski definition) is 3. The van der Waals surface area contributed by atoms with Crippen LogP contribution in [0.5, 0.6) is 0 Å². The highest BCUT2D eigenvalue weighted by Gasteiger charge is 2.34. The highest BCUT2D eigenvalue weighted by atomic mass is 16.2. The predicted octanol–water partition coefficient (Wildman–Crippen LogP) is 1.38. The van der Waals surface area contributed by atoms with Crippen molar-refractivity contribution in [2.75, 3.05) is 7.05 Å². The average molecular weight is 325 g/mol. The van der Waals surface area contributed by atoms with Crippen LogP contribution in [0.3, 0.4) is 0 Å². The SMILES string of the molecule is C[C@H](C(=O)N(C)Cc1cccc(=O)[nH]1)N1Cc2ccccc2C1=O. The molecule has 3 rings (SSSR count). The first-order chi connectivity index (χ1) is 11.5. The number of aromatic nitrogens is 1. The Labute approximate surface area is 139 Å². The lowest BCUT2D eigenvalue weighted by atomic mass is 10.1. The molecule has 124 valence electrons. The first kappa shape index (κ1) is 16.0. The van der Waals surface area contributed by atoms with Crippen LogP contribution in [0, 0.1) is 0 Å². The largest absolute Gasteiger partial charge is 0.338 e. The molecule has 0 saturated heterocycles. The van der Waals surface area contributed by atoms with Crippen molar-refractivity contribution in [2.45, 2.75) is 26.1 Å². The zero-order valence-electron chi connectivity index (χ0n) is 13.7. The molecule has 0 unspecified atom stereocenters. The van der Waals surface area contributed by atoms with Crippen LogP contribution in [0.15, 0.2) is 47.3 Å². The molecule has 6 heteroatoms. The standard InChI is InChI=1S/C18H19N3O3/c1-12(21-10-13-6-3-4-8-15(13)18(21)24)17(23)20(2)11-14-7-5-9-16(22)19-14/h3-9,12H,10-11H2,1-2H3,(H,19,22)/t12-/m1/s1. The highest BCUT2D eigenvalue weighted by Crippen LogP contribution is 2.24. The predicted molar refractivity (Wildman–Crippen MR) is 89.3 cm³/mol. The number of hydrogen-bond donors (Lipinski definition) is 1. The smallest absolute Gasteiger partial charge is 0.255 e. The van der Waals surface area contributed by atoms with Gasteiger partial charge in [-0.05, 0) is 24.6 Å². The number of carbonyl (C=O) groups is 2. The molecule has 24 heavy (non-hydrogen) atoms. The molecule has 2 amide bonds. The molecule has 0 spiro atoms. The molecule has 1 aliphatic heterocycles. The van der Waals surface area contributed by atoms with E-state index >= 15 is 0 Å². The first-order valence-corrected chi connectivity index (χ1v) is 7.79. The number of pyridine rings is 1. The quantitative estimate of drug-likeness (QED) is 0.923. The van der Waals surface area contributed by atoms with E-state index < -0.39 is 6.04 Å². The van der Waals surface area contributed by atoms with Crippen molar-refractivity contribution in [3.05, 3.63) is 69.6 Å². The van der Waals surface area contributed by atoms with E-state index in [-0.39, 0.29) is 23.9 Å². The lowest BCUT2D eigenvalue weighted by molar-refractivity contribution is -0.134. The molecule has 1 aromatic heterocycles. The molecule has 0 saturated carbocycles. The average Bonchev–Trinajstić information content (AvgIpc) is 2.91. The maximum absolute atomic E-state index is 12.7. The van der Waals surface area contributed by atoms with Gasteiger partial charge in [0.05, 0.1) is 6.54 Å². The Morgan fingerprint density at radius 2 is 1.96 bits per heavy atom. The van der Waals surface area contributed by atoms with E-state index in [0.717, 1.165) is 5.56 Å². The molecule has 1 aliphatic rings. The van der Waals surface area contributed by atoms with Gasteiger partial charge < -0.3 is 14.8 Å². The molecular formula is C18H19N3O3. The van der Waals surface area contributed by atoms with Crippen LogP contribution in [0.25, 0.3) is 0 Å². The van der Waals surface area contributed by atoms with Crippen LogP contribution in [0.4, 0.5) is 0 Å². The topological polar surface area (TPSA) is 73.5 Å². The summed E-state index contributed by atoms with van der Waals surface area (Å²) in [5, 5.41) is 0. The van der Waals surface area contributed by atoms with Crippen molar-refractivity contribution >= 4 is 11.8 Å². The van der Waals surface area contributed by atoms with Crippen LogP contribution < -0.4 is 5.56 Å². The Kier molecular flexibility index (Phi) is 4.20. The normalized spacial score (nSPS) is 14.4. The molecule has 0 bridgehead atoms. The van der Waals surface area contributed by atoms with Gasteiger partial charge in [0.1, 0.15) is 6.04 Å². The van der Waals surface area contributed by atoms with E-state index in [1.807, 2.05) is 18.2 Å². The van der Waals surface area contributed by atoms with Gasteiger partial charge in [-0.1, -0.05) is 24.3 Å². The number of likely N-dealkylation sites (N-methyl/N-ethyl adjacent to an activating group) is 1. The summed E-state index contributed by atoms with van der Waals surface area (Å²) in [6.07, 6.45) is 0. The van der Waals surface area contributed by atoms with Gasteiger partial charge >= 0.3 is 0 Å². The van der Waals surface area contributed by atoms with Crippen LogP contribution in [-0.2, 0) is 17.9 Å². The Morgan fingerprint density at radius 3 is 2.67 bits per heavy atom. The minimum atomic E-state index is -0.565. The van der Waals surface area contributed by atoms with E-state index in [0.29, 0.717) is 17.8 Å². The third-order valence-electron chi connectivity index (χ3n) is 4.29. The Bertz CT molecular complexity index is 843.